The summed E-state index contributed by atoms with van der Waals surface area (Å²) in [5, 5.41) is 5.65. The summed E-state index contributed by atoms with van der Waals surface area (Å²) in [6.45, 7) is 2.76. The van der Waals surface area contributed by atoms with Crippen LogP contribution in [0.15, 0.2) is 41.8 Å². The second-order valence-electron chi connectivity index (χ2n) is 6.99. The van der Waals surface area contributed by atoms with E-state index in [9.17, 15) is 4.79 Å². The van der Waals surface area contributed by atoms with Gasteiger partial charge in [0.05, 0.1) is 7.11 Å². The van der Waals surface area contributed by atoms with Crippen LogP contribution in [0.25, 0.3) is 0 Å². The van der Waals surface area contributed by atoms with Crippen molar-refractivity contribution in [2.24, 2.45) is 0 Å². The maximum Gasteiger partial charge on any atom is 0.247 e. The van der Waals surface area contributed by atoms with Gasteiger partial charge in [0, 0.05) is 50.4 Å². The smallest absolute Gasteiger partial charge is 0.247 e. The van der Waals surface area contributed by atoms with Crippen molar-refractivity contribution in [2.75, 3.05) is 39.6 Å². The van der Waals surface area contributed by atoms with Crippen molar-refractivity contribution in [3.05, 3.63) is 46.7 Å². The van der Waals surface area contributed by atoms with Gasteiger partial charge in [-0.2, -0.15) is 0 Å². The molecule has 0 saturated carbocycles. The van der Waals surface area contributed by atoms with Crippen LogP contribution in [0.4, 0.5) is 5.69 Å². The van der Waals surface area contributed by atoms with Crippen LogP contribution >= 0.6 is 11.3 Å². The Labute approximate surface area is 159 Å². The standard InChI is InChI=1S/C20H27N3O2S/c1-22(2)19(24)20(21-16-6-4-7-17(14-16)25-3)9-11-23(12-10-20)15-18-8-5-13-26-18/h4-8,13-14,21H,9-12,15H2,1-3H3. The fraction of sp³-hybridized carbons (Fsp3) is 0.450. The quantitative estimate of drug-likeness (QED) is 0.844. The molecule has 5 nitrogen and oxygen atoms in total. The Morgan fingerprint density at radius 1 is 1.27 bits per heavy atom. The highest BCUT2D eigenvalue weighted by molar-refractivity contribution is 7.09. The summed E-state index contributed by atoms with van der Waals surface area (Å²) in [6.07, 6.45) is 1.57. The lowest BCUT2D eigenvalue weighted by Gasteiger charge is -2.43. The highest BCUT2D eigenvalue weighted by Crippen LogP contribution is 2.31. The number of anilines is 1. The molecule has 6 heteroatoms. The van der Waals surface area contributed by atoms with Gasteiger partial charge in [0.15, 0.2) is 0 Å². The molecule has 3 rings (SSSR count). The van der Waals surface area contributed by atoms with E-state index >= 15 is 0 Å². The van der Waals surface area contributed by atoms with Crippen molar-refractivity contribution >= 4 is 22.9 Å². The highest BCUT2D eigenvalue weighted by atomic mass is 32.1. The summed E-state index contributed by atoms with van der Waals surface area (Å²) in [4.78, 5) is 18.5. The van der Waals surface area contributed by atoms with Gasteiger partial charge in [-0.15, -0.1) is 11.3 Å². The van der Waals surface area contributed by atoms with E-state index in [2.05, 4.69) is 27.7 Å². The van der Waals surface area contributed by atoms with Crippen LogP contribution in [-0.2, 0) is 11.3 Å². The molecule has 0 bridgehead atoms. The molecule has 0 unspecified atom stereocenters. The number of ether oxygens (including phenoxy) is 1. The molecule has 26 heavy (non-hydrogen) atoms. The van der Waals surface area contributed by atoms with E-state index in [1.807, 2.05) is 38.4 Å². The number of likely N-dealkylation sites (tertiary alicyclic amines) is 1. The van der Waals surface area contributed by atoms with Crippen LogP contribution < -0.4 is 10.1 Å². The lowest BCUT2D eigenvalue weighted by atomic mass is 9.85. The Bertz CT molecular complexity index is 722. The molecule has 2 aromatic rings. The molecule has 0 atom stereocenters. The zero-order valence-electron chi connectivity index (χ0n) is 15.7. The van der Waals surface area contributed by atoms with Crippen molar-refractivity contribution in [1.29, 1.82) is 0 Å². The lowest BCUT2D eigenvalue weighted by Crippen LogP contribution is -2.57. The molecule has 1 N–H and O–H groups in total. The number of thiophene rings is 1. The van der Waals surface area contributed by atoms with Crippen LogP contribution in [0.1, 0.15) is 17.7 Å². The fourth-order valence-corrected chi connectivity index (χ4v) is 4.26. The maximum absolute atomic E-state index is 13.0. The molecule has 2 heterocycles. The monoisotopic (exact) mass is 373 g/mol. The summed E-state index contributed by atoms with van der Waals surface area (Å²) in [5.74, 6) is 0.925. The second-order valence-corrected chi connectivity index (χ2v) is 8.03. The number of nitrogens with zero attached hydrogens (tertiary/aromatic N) is 2. The molecule has 1 aromatic heterocycles. The van der Waals surface area contributed by atoms with Gasteiger partial charge in [0.25, 0.3) is 0 Å². The van der Waals surface area contributed by atoms with Gasteiger partial charge in [-0.3, -0.25) is 9.69 Å². The number of carbonyl (C=O) groups is 1. The largest absolute Gasteiger partial charge is 0.497 e. The Hall–Kier alpha value is -2.05. The molecule has 1 aliphatic rings. The first-order valence-electron chi connectivity index (χ1n) is 8.91. The van der Waals surface area contributed by atoms with Gasteiger partial charge in [-0.1, -0.05) is 12.1 Å². The van der Waals surface area contributed by atoms with E-state index in [1.165, 1.54) is 4.88 Å². The van der Waals surface area contributed by atoms with Crippen molar-refractivity contribution in [3.8, 4) is 5.75 Å². The van der Waals surface area contributed by atoms with Gasteiger partial charge in [-0.05, 0) is 36.4 Å². The number of rotatable bonds is 6. The van der Waals surface area contributed by atoms with Crippen LogP contribution in [0.3, 0.4) is 0 Å². The molecular formula is C20H27N3O2S. The second kappa shape index (κ2) is 8.10. The molecule has 0 aliphatic carbocycles. The van der Waals surface area contributed by atoms with Crippen molar-refractivity contribution < 1.29 is 9.53 Å². The van der Waals surface area contributed by atoms with Crippen molar-refractivity contribution in [3.63, 3.8) is 0 Å². The minimum atomic E-state index is -0.568. The van der Waals surface area contributed by atoms with Gasteiger partial charge < -0.3 is 15.0 Å². The molecule has 140 valence electrons. The summed E-state index contributed by atoms with van der Waals surface area (Å²) in [7, 11) is 5.31. The number of carbonyl (C=O) groups excluding carboxylic acids is 1. The predicted octanol–water partition coefficient (Wildman–Crippen LogP) is 3.29. The fourth-order valence-electron chi connectivity index (χ4n) is 3.51. The third kappa shape index (κ3) is 4.19. The topological polar surface area (TPSA) is 44.8 Å². The van der Waals surface area contributed by atoms with E-state index in [0.29, 0.717) is 0 Å². The number of hydrogen-bond acceptors (Lipinski definition) is 5. The van der Waals surface area contributed by atoms with Gasteiger partial charge >= 0.3 is 0 Å². The van der Waals surface area contributed by atoms with Crippen LogP contribution in [0.5, 0.6) is 5.75 Å². The molecule has 1 fully saturated rings. The van der Waals surface area contributed by atoms with Crippen LogP contribution in [0.2, 0.25) is 0 Å². The average molecular weight is 374 g/mol. The molecule has 1 aliphatic heterocycles. The maximum atomic E-state index is 13.0. The summed E-state index contributed by atoms with van der Waals surface area (Å²) in [5.41, 5.74) is 0.355. The van der Waals surface area contributed by atoms with E-state index in [0.717, 1.165) is 43.9 Å². The molecule has 1 saturated heterocycles. The van der Waals surface area contributed by atoms with Crippen molar-refractivity contribution in [2.45, 2.75) is 24.9 Å². The number of amides is 1. The van der Waals surface area contributed by atoms with Gasteiger partial charge in [0.2, 0.25) is 5.91 Å². The number of nitrogens with one attached hydrogen (secondary N) is 1. The predicted molar refractivity (Wildman–Crippen MR) is 107 cm³/mol. The third-order valence-electron chi connectivity index (χ3n) is 4.94. The normalized spacial score (nSPS) is 16.9. The number of methoxy groups -OCH3 is 1. The minimum absolute atomic E-state index is 0.135. The first-order chi connectivity index (χ1) is 12.5. The summed E-state index contributed by atoms with van der Waals surface area (Å²) >= 11 is 1.79. The molecule has 1 amide bonds. The highest BCUT2D eigenvalue weighted by Gasteiger charge is 2.42. The summed E-state index contributed by atoms with van der Waals surface area (Å²) < 4.78 is 5.32. The van der Waals surface area contributed by atoms with E-state index < -0.39 is 5.54 Å². The molecule has 0 spiro atoms. The van der Waals surface area contributed by atoms with E-state index in [1.54, 1.807) is 23.3 Å². The SMILES string of the molecule is COc1cccc(NC2(C(=O)N(C)C)CCN(Cc3cccs3)CC2)c1. The number of benzene rings is 1. The van der Waals surface area contributed by atoms with Gasteiger partial charge in [0.1, 0.15) is 11.3 Å². The van der Waals surface area contributed by atoms with Crippen LogP contribution in [0, 0.1) is 0 Å². The number of likely N-dealkylation sites (N-methyl/N-ethyl adjacent to an activating group) is 1. The Balaban J connectivity index is 1.74. The average Bonchev–Trinajstić information content (AvgIpc) is 3.16. The first kappa shape index (κ1) is 18.7. The summed E-state index contributed by atoms with van der Waals surface area (Å²) in [6, 6.07) is 12.1. The molecule has 0 radical (unpaired) electrons. The zero-order valence-corrected chi connectivity index (χ0v) is 16.5. The van der Waals surface area contributed by atoms with E-state index in [-0.39, 0.29) is 5.91 Å². The number of hydrogen-bond donors (Lipinski definition) is 1. The van der Waals surface area contributed by atoms with Gasteiger partial charge in [-0.25, -0.2) is 0 Å². The van der Waals surface area contributed by atoms with Crippen molar-refractivity contribution in [1.82, 2.24) is 9.80 Å². The number of piperidine rings is 1. The third-order valence-corrected chi connectivity index (χ3v) is 5.80. The Morgan fingerprint density at radius 3 is 2.65 bits per heavy atom. The lowest BCUT2D eigenvalue weighted by molar-refractivity contribution is -0.135. The zero-order chi connectivity index (χ0) is 18.6. The van der Waals surface area contributed by atoms with E-state index in [4.69, 9.17) is 4.74 Å². The first-order valence-corrected chi connectivity index (χ1v) is 9.79. The molecule has 1 aromatic carbocycles. The Kier molecular flexibility index (Phi) is 5.84. The van der Waals surface area contributed by atoms with Crippen LogP contribution in [-0.4, -0.2) is 55.5 Å². The molecular weight excluding hydrogens is 346 g/mol. The minimum Gasteiger partial charge on any atom is -0.497 e. The Morgan fingerprint density at radius 2 is 2.04 bits per heavy atom.